The average molecular weight is 239 g/mol. The number of isocyanates is 2. The first kappa shape index (κ1) is 12.2. The SMILES string of the molecule is O=C=NCn1c(=O)[nH]c(=O)n(CN=C=O)c1=O. The number of aliphatic imine (C=N–C) groups is 2. The van der Waals surface area contributed by atoms with Gasteiger partial charge in [0.25, 0.3) is 0 Å². The van der Waals surface area contributed by atoms with Crippen molar-refractivity contribution in [1.82, 2.24) is 14.1 Å². The minimum Gasteiger partial charge on any atom is -0.259 e. The van der Waals surface area contributed by atoms with Crippen molar-refractivity contribution in [3.63, 3.8) is 0 Å². The fraction of sp³-hybridized carbons (Fsp3) is 0.286. The molecule has 17 heavy (non-hydrogen) atoms. The van der Waals surface area contributed by atoms with E-state index in [1.54, 1.807) is 4.98 Å². The predicted molar refractivity (Wildman–Crippen MR) is 51.8 cm³/mol. The fourth-order valence-corrected chi connectivity index (χ4v) is 0.994. The number of hydrogen-bond donors (Lipinski definition) is 1. The molecule has 0 saturated carbocycles. The summed E-state index contributed by atoms with van der Waals surface area (Å²) < 4.78 is 0.958. The summed E-state index contributed by atoms with van der Waals surface area (Å²) in [5.74, 6) is 0. The smallest absolute Gasteiger partial charge is 0.259 e. The molecule has 1 N–H and O–H groups in total. The van der Waals surface area contributed by atoms with Crippen molar-refractivity contribution >= 4 is 12.2 Å². The molecule has 0 aliphatic carbocycles. The molecular formula is C7H5N5O5. The summed E-state index contributed by atoms with van der Waals surface area (Å²) in [6.45, 7) is -1.16. The van der Waals surface area contributed by atoms with Crippen molar-refractivity contribution in [1.29, 1.82) is 0 Å². The molecule has 0 aliphatic heterocycles. The Bertz CT molecular complexity index is 627. The zero-order valence-corrected chi connectivity index (χ0v) is 8.24. The summed E-state index contributed by atoms with van der Waals surface area (Å²) in [6, 6.07) is 0. The van der Waals surface area contributed by atoms with Crippen LogP contribution in [0, 0.1) is 0 Å². The maximum atomic E-state index is 11.5. The minimum absolute atomic E-state index is 0.479. The zero-order valence-electron chi connectivity index (χ0n) is 8.24. The Morgan fingerprint density at radius 2 is 1.35 bits per heavy atom. The molecule has 0 spiro atoms. The van der Waals surface area contributed by atoms with Gasteiger partial charge in [-0.15, -0.1) is 0 Å². The number of aromatic amines is 1. The standard InChI is InChI=1S/C7H5N5O5/c13-3-8-1-11-5(15)10-6(16)12(7(11)17)2-9-4-14/h1-2H2,(H,10,15,16). The van der Waals surface area contributed by atoms with E-state index < -0.39 is 30.4 Å². The number of carbonyl (C=O) groups excluding carboxylic acids is 2. The topological polar surface area (TPSA) is 136 Å². The Kier molecular flexibility index (Phi) is 3.82. The first-order valence-electron chi connectivity index (χ1n) is 4.13. The maximum Gasteiger partial charge on any atom is 0.339 e. The first-order valence-corrected chi connectivity index (χ1v) is 4.13. The number of nitrogens with zero attached hydrogens (tertiary/aromatic N) is 4. The van der Waals surface area contributed by atoms with Gasteiger partial charge in [-0.2, -0.15) is 9.98 Å². The highest BCUT2D eigenvalue weighted by Crippen LogP contribution is 1.73. The quantitative estimate of drug-likeness (QED) is 0.449. The summed E-state index contributed by atoms with van der Waals surface area (Å²) in [4.78, 5) is 61.5. The van der Waals surface area contributed by atoms with Gasteiger partial charge in [-0.1, -0.05) is 0 Å². The van der Waals surface area contributed by atoms with Gasteiger partial charge in [-0.25, -0.2) is 33.1 Å². The van der Waals surface area contributed by atoms with Crippen LogP contribution in [0.1, 0.15) is 0 Å². The third kappa shape index (κ3) is 2.59. The van der Waals surface area contributed by atoms with Crippen LogP contribution in [-0.4, -0.2) is 26.3 Å². The molecule has 0 bridgehead atoms. The Balaban J connectivity index is 3.47. The summed E-state index contributed by atoms with van der Waals surface area (Å²) in [5, 5.41) is 0. The van der Waals surface area contributed by atoms with E-state index in [9.17, 15) is 24.0 Å². The van der Waals surface area contributed by atoms with Gasteiger partial charge in [0.2, 0.25) is 12.2 Å². The van der Waals surface area contributed by atoms with Crippen LogP contribution < -0.4 is 17.1 Å². The first-order chi connectivity index (χ1) is 8.11. The van der Waals surface area contributed by atoms with E-state index in [2.05, 4.69) is 9.98 Å². The van der Waals surface area contributed by atoms with Crippen LogP contribution in [0.2, 0.25) is 0 Å². The highest BCUT2D eigenvalue weighted by atomic mass is 16.2. The van der Waals surface area contributed by atoms with Gasteiger partial charge in [0.15, 0.2) is 0 Å². The molecule has 0 amide bonds. The number of hydrogen-bond acceptors (Lipinski definition) is 7. The number of nitrogens with one attached hydrogen (secondary N) is 1. The van der Waals surface area contributed by atoms with Crippen molar-refractivity contribution in [3.05, 3.63) is 31.5 Å². The lowest BCUT2D eigenvalue weighted by atomic mass is 10.8. The van der Waals surface area contributed by atoms with Gasteiger partial charge in [-0.05, 0) is 0 Å². The second-order valence-electron chi connectivity index (χ2n) is 2.66. The predicted octanol–water partition coefficient (Wildman–Crippen LogP) is -2.72. The van der Waals surface area contributed by atoms with Gasteiger partial charge in [0, 0.05) is 0 Å². The molecule has 10 heteroatoms. The summed E-state index contributed by atoms with van der Waals surface area (Å²) in [7, 11) is 0. The van der Waals surface area contributed by atoms with Crippen LogP contribution >= 0.6 is 0 Å². The van der Waals surface area contributed by atoms with Crippen molar-refractivity contribution in [2.45, 2.75) is 13.3 Å². The summed E-state index contributed by atoms with van der Waals surface area (Å²) in [6.07, 6.45) is 2.27. The second kappa shape index (κ2) is 5.31. The Morgan fingerprint density at radius 3 is 1.71 bits per heavy atom. The van der Waals surface area contributed by atoms with E-state index in [0.29, 0.717) is 9.13 Å². The lowest BCUT2D eigenvalue weighted by Gasteiger charge is -2.02. The fourth-order valence-electron chi connectivity index (χ4n) is 0.994. The molecule has 88 valence electrons. The van der Waals surface area contributed by atoms with E-state index in [4.69, 9.17) is 0 Å². The van der Waals surface area contributed by atoms with Crippen molar-refractivity contribution < 1.29 is 9.59 Å². The van der Waals surface area contributed by atoms with Gasteiger partial charge in [-0.3, -0.25) is 4.98 Å². The van der Waals surface area contributed by atoms with Crippen LogP contribution in [-0.2, 0) is 22.9 Å². The van der Waals surface area contributed by atoms with Crippen LogP contribution in [0.3, 0.4) is 0 Å². The molecule has 1 aromatic rings. The maximum absolute atomic E-state index is 11.5. The van der Waals surface area contributed by atoms with Crippen molar-refractivity contribution in [2.75, 3.05) is 0 Å². The van der Waals surface area contributed by atoms with E-state index in [0.717, 1.165) is 12.2 Å². The van der Waals surface area contributed by atoms with E-state index >= 15 is 0 Å². The minimum atomic E-state index is -1.04. The van der Waals surface area contributed by atoms with Gasteiger partial charge in [0.05, 0.1) is 0 Å². The number of H-pyrrole nitrogens is 1. The monoisotopic (exact) mass is 239 g/mol. The molecule has 0 saturated heterocycles. The van der Waals surface area contributed by atoms with Gasteiger partial charge in [0.1, 0.15) is 13.3 Å². The summed E-state index contributed by atoms with van der Waals surface area (Å²) >= 11 is 0. The van der Waals surface area contributed by atoms with Crippen molar-refractivity contribution in [2.24, 2.45) is 9.98 Å². The van der Waals surface area contributed by atoms with Crippen LogP contribution in [0.25, 0.3) is 0 Å². The molecular weight excluding hydrogens is 234 g/mol. The van der Waals surface area contributed by atoms with Crippen LogP contribution in [0.4, 0.5) is 0 Å². The third-order valence-electron chi connectivity index (χ3n) is 1.72. The lowest BCUT2D eigenvalue weighted by molar-refractivity contribution is 0.513. The second-order valence-corrected chi connectivity index (χ2v) is 2.66. The zero-order chi connectivity index (χ0) is 12.8. The van der Waals surface area contributed by atoms with E-state index in [1.165, 1.54) is 0 Å². The van der Waals surface area contributed by atoms with Crippen LogP contribution in [0.15, 0.2) is 24.4 Å². The molecule has 0 atom stereocenters. The Labute approximate surface area is 91.6 Å². The molecule has 0 radical (unpaired) electrons. The molecule has 1 rings (SSSR count). The largest absolute Gasteiger partial charge is 0.339 e. The highest BCUT2D eigenvalue weighted by Gasteiger charge is 2.08. The molecule has 0 aromatic carbocycles. The normalized spacial score (nSPS) is 9.18. The molecule has 0 aliphatic rings. The van der Waals surface area contributed by atoms with E-state index in [1.807, 2.05) is 0 Å². The highest BCUT2D eigenvalue weighted by molar-refractivity contribution is 5.32. The molecule has 1 heterocycles. The molecule has 10 nitrogen and oxygen atoms in total. The van der Waals surface area contributed by atoms with Crippen LogP contribution in [0.5, 0.6) is 0 Å². The number of aromatic nitrogens is 3. The van der Waals surface area contributed by atoms with Gasteiger partial charge < -0.3 is 0 Å². The third-order valence-corrected chi connectivity index (χ3v) is 1.72. The average Bonchev–Trinajstić information content (AvgIpc) is 2.28. The number of rotatable bonds is 4. The van der Waals surface area contributed by atoms with Crippen molar-refractivity contribution in [3.8, 4) is 0 Å². The molecule has 1 aromatic heterocycles. The lowest BCUT2D eigenvalue weighted by Crippen LogP contribution is -2.49. The van der Waals surface area contributed by atoms with Gasteiger partial charge >= 0.3 is 17.1 Å². The molecule has 0 fully saturated rings. The Morgan fingerprint density at radius 1 is 0.941 bits per heavy atom. The summed E-state index contributed by atoms with van der Waals surface area (Å²) in [5.41, 5.74) is -3.09. The molecule has 0 unspecified atom stereocenters. The van der Waals surface area contributed by atoms with E-state index in [-0.39, 0.29) is 0 Å². The Hall–Kier alpha value is -2.83.